The Balaban J connectivity index is 1.60. The van der Waals surface area contributed by atoms with Crippen LogP contribution in [0.1, 0.15) is 40.5 Å². The summed E-state index contributed by atoms with van der Waals surface area (Å²) in [5.41, 5.74) is 1.81. The second-order valence-corrected chi connectivity index (χ2v) is 7.95. The SMILES string of the molecule is CC(C)C1OB(c2cnc3c(ccn3CC3CC3)c2)OC1(C)C. The fourth-order valence-electron chi connectivity index (χ4n) is 3.72. The van der Waals surface area contributed by atoms with Crippen molar-refractivity contribution in [2.24, 2.45) is 11.8 Å². The molecule has 1 aliphatic heterocycles. The number of rotatable bonds is 4. The number of nitrogens with zero attached hydrogens (tertiary/aromatic N) is 2. The minimum absolute atomic E-state index is 0.0997. The van der Waals surface area contributed by atoms with E-state index in [2.05, 4.69) is 55.6 Å². The lowest BCUT2D eigenvalue weighted by molar-refractivity contribution is 0.0438. The van der Waals surface area contributed by atoms with E-state index in [0.717, 1.165) is 23.6 Å². The molecular weight excluding hydrogens is 287 g/mol. The molecular formula is C18H25BN2O2. The Hall–Kier alpha value is -1.33. The smallest absolute Gasteiger partial charge is 0.401 e. The third kappa shape index (κ3) is 2.81. The molecule has 122 valence electrons. The van der Waals surface area contributed by atoms with Crippen LogP contribution in [-0.2, 0) is 15.9 Å². The highest BCUT2D eigenvalue weighted by molar-refractivity contribution is 6.62. The van der Waals surface area contributed by atoms with Gasteiger partial charge in [-0.25, -0.2) is 4.98 Å². The van der Waals surface area contributed by atoms with E-state index in [1.807, 2.05) is 6.20 Å². The van der Waals surface area contributed by atoms with Crippen LogP contribution in [0, 0.1) is 11.8 Å². The standard InChI is InChI=1S/C18H25BN2O2/c1-12(2)16-18(3,4)23-19(22-16)15-9-14-7-8-21(11-13-5-6-13)17(14)20-10-15/h7-10,12-13,16H,5-6,11H2,1-4H3. The molecule has 1 atom stereocenters. The highest BCUT2D eigenvalue weighted by atomic mass is 16.7. The lowest BCUT2D eigenvalue weighted by Crippen LogP contribution is -2.37. The van der Waals surface area contributed by atoms with Gasteiger partial charge in [0.15, 0.2) is 0 Å². The molecule has 4 nitrogen and oxygen atoms in total. The van der Waals surface area contributed by atoms with Gasteiger partial charge >= 0.3 is 7.12 Å². The van der Waals surface area contributed by atoms with Crippen molar-refractivity contribution >= 4 is 23.6 Å². The highest BCUT2D eigenvalue weighted by Crippen LogP contribution is 2.33. The largest absolute Gasteiger partial charge is 0.496 e. The first-order chi connectivity index (χ1) is 10.9. The van der Waals surface area contributed by atoms with Crippen molar-refractivity contribution in [3.63, 3.8) is 0 Å². The van der Waals surface area contributed by atoms with Crippen LogP contribution >= 0.6 is 0 Å². The number of hydrogen-bond acceptors (Lipinski definition) is 3. The third-order valence-corrected chi connectivity index (χ3v) is 5.02. The van der Waals surface area contributed by atoms with Gasteiger partial charge in [-0.1, -0.05) is 13.8 Å². The second kappa shape index (κ2) is 5.35. The van der Waals surface area contributed by atoms with Crippen molar-refractivity contribution < 1.29 is 9.31 Å². The van der Waals surface area contributed by atoms with Gasteiger partial charge in [-0.05, 0) is 50.7 Å². The Morgan fingerprint density at radius 2 is 2.17 bits per heavy atom. The summed E-state index contributed by atoms with van der Waals surface area (Å²) in [6.07, 6.45) is 6.87. The fraction of sp³-hybridized carbons (Fsp3) is 0.611. The van der Waals surface area contributed by atoms with Gasteiger partial charge in [0, 0.05) is 29.8 Å². The van der Waals surface area contributed by atoms with Gasteiger partial charge in [-0.2, -0.15) is 0 Å². The maximum atomic E-state index is 6.19. The fourth-order valence-corrected chi connectivity index (χ4v) is 3.72. The first kappa shape index (κ1) is 15.2. The Labute approximate surface area is 138 Å². The predicted octanol–water partition coefficient (Wildman–Crippen LogP) is 2.99. The van der Waals surface area contributed by atoms with E-state index in [9.17, 15) is 0 Å². The van der Waals surface area contributed by atoms with E-state index in [4.69, 9.17) is 9.31 Å². The van der Waals surface area contributed by atoms with Gasteiger partial charge in [-0.3, -0.25) is 0 Å². The topological polar surface area (TPSA) is 36.3 Å². The van der Waals surface area contributed by atoms with Crippen molar-refractivity contribution in [3.05, 3.63) is 24.5 Å². The number of aromatic nitrogens is 2. The normalized spacial score (nSPS) is 24.0. The number of pyridine rings is 1. The van der Waals surface area contributed by atoms with Gasteiger partial charge in [0.25, 0.3) is 0 Å². The Bertz CT molecular complexity index is 721. The average Bonchev–Trinajstić information content (AvgIpc) is 3.12. The van der Waals surface area contributed by atoms with E-state index >= 15 is 0 Å². The quantitative estimate of drug-likeness (QED) is 0.814. The van der Waals surface area contributed by atoms with Gasteiger partial charge in [0.05, 0.1) is 11.7 Å². The molecule has 2 fully saturated rings. The summed E-state index contributed by atoms with van der Waals surface area (Å²) in [5.74, 6) is 1.27. The van der Waals surface area contributed by atoms with E-state index in [-0.39, 0.29) is 18.8 Å². The number of fused-ring (bicyclic) bond motifs is 1. The molecule has 23 heavy (non-hydrogen) atoms. The zero-order valence-corrected chi connectivity index (χ0v) is 14.5. The van der Waals surface area contributed by atoms with Crippen LogP contribution in [0.25, 0.3) is 11.0 Å². The van der Waals surface area contributed by atoms with Crippen LogP contribution in [0.15, 0.2) is 24.5 Å². The molecule has 2 aromatic heterocycles. The van der Waals surface area contributed by atoms with Crippen LogP contribution in [0.4, 0.5) is 0 Å². The summed E-state index contributed by atoms with van der Waals surface area (Å²) in [6, 6.07) is 4.31. The molecule has 1 saturated carbocycles. The van der Waals surface area contributed by atoms with E-state index in [0.29, 0.717) is 5.92 Å². The molecule has 0 spiro atoms. The van der Waals surface area contributed by atoms with Gasteiger partial charge in [-0.15, -0.1) is 0 Å². The summed E-state index contributed by atoms with van der Waals surface area (Å²) < 4.78 is 14.6. The molecule has 1 unspecified atom stereocenters. The van der Waals surface area contributed by atoms with Gasteiger partial charge in [0.2, 0.25) is 0 Å². The monoisotopic (exact) mass is 312 g/mol. The minimum atomic E-state index is -0.318. The van der Waals surface area contributed by atoms with Crippen molar-refractivity contribution in [1.29, 1.82) is 0 Å². The summed E-state index contributed by atoms with van der Waals surface area (Å²) in [4.78, 5) is 4.69. The molecule has 0 radical (unpaired) electrons. The van der Waals surface area contributed by atoms with Crippen LogP contribution in [0.3, 0.4) is 0 Å². The molecule has 0 N–H and O–H groups in total. The molecule has 2 aliphatic rings. The van der Waals surface area contributed by atoms with Crippen LogP contribution in [-0.4, -0.2) is 28.4 Å². The molecule has 4 rings (SSSR count). The number of hydrogen-bond donors (Lipinski definition) is 0. The lowest BCUT2D eigenvalue weighted by atomic mass is 9.80. The summed E-state index contributed by atoms with van der Waals surface area (Å²) >= 11 is 0. The van der Waals surface area contributed by atoms with Crippen LogP contribution in [0.2, 0.25) is 0 Å². The van der Waals surface area contributed by atoms with Crippen LogP contribution < -0.4 is 5.46 Å². The molecule has 0 aromatic carbocycles. The second-order valence-electron chi connectivity index (χ2n) is 7.95. The Morgan fingerprint density at radius 1 is 1.39 bits per heavy atom. The molecule has 3 heterocycles. The van der Waals surface area contributed by atoms with Crippen molar-refractivity contribution in [3.8, 4) is 0 Å². The Kier molecular flexibility index (Phi) is 3.54. The molecule has 2 aromatic rings. The van der Waals surface area contributed by atoms with Crippen molar-refractivity contribution in [1.82, 2.24) is 9.55 Å². The highest BCUT2D eigenvalue weighted by Gasteiger charge is 2.47. The van der Waals surface area contributed by atoms with E-state index in [1.54, 1.807) is 0 Å². The zero-order valence-electron chi connectivity index (χ0n) is 14.5. The molecule has 0 bridgehead atoms. The molecule has 0 amide bonds. The third-order valence-electron chi connectivity index (χ3n) is 5.02. The first-order valence-corrected chi connectivity index (χ1v) is 8.72. The summed E-state index contributed by atoms with van der Waals surface area (Å²) in [7, 11) is -0.318. The maximum absolute atomic E-state index is 6.19. The zero-order chi connectivity index (χ0) is 16.2. The van der Waals surface area contributed by atoms with Crippen molar-refractivity contribution in [2.75, 3.05) is 0 Å². The van der Waals surface area contributed by atoms with E-state index < -0.39 is 0 Å². The van der Waals surface area contributed by atoms with Gasteiger partial charge in [0.1, 0.15) is 5.65 Å². The lowest BCUT2D eigenvalue weighted by Gasteiger charge is -2.28. The predicted molar refractivity (Wildman–Crippen MR) is 92.7 cm³/mol. The van der Waals surface area contributed by atoms with Crippen molar-refractivity contribution in [2.45, 2.75) is 58.8 Å². The maximum Gasteiger partial charge on any atom is 0.496 e. The molecule has 1 aliphatic carbocycles. The van der Waals surface area contributed by atoms with Crippen LogP contribution in [0.5, 0.6) is 0 Å². The summed E-state index contributed by atoms with van der Waals surface area (Å²) in [6.45, 7) is 9.66. The Morgan fingerprint density at radius 3 is 2.83 bits per heavy atom. The molecule has 5 heteroatoms. The minimum Gasteiger partial charge on any atom is -0.401 e. The average molecular weight is 312 g/mol. The van der Waals surface area contributed by atoms with Gasteiger partial charge < -0.3 is 13.9 Å². The first-order valence-electron chi connectivity index (χ1n) is 8.72. The molecule has 1 saturated heterocycles. The summed E-state index contributed by atoms with van der Waals surface area (Å²) in [5, 5.41) is 1.17. The van der Waals surface area contributed by atoms with E-state index in [1.165, 1.54) is 18.2 Å².